The highest BCUT2D eigenvalue weighted by Crippen LogP contribution is 2.28. The van der Waals surface area contributed by atoms with Crippen LogP contribution in [0.5, 0.6) is 0 Å². The maximum absolute atomic E-state index is 10.9. The Morgan fingerprint density at radius 1 is 1.35 bits per heavy atom. The molecule has 2 atom stereocenters. The number of nitro groups is 1. The van der Waals surface area contributed by atoms with Crippen LogP contribution in [0.3, 0.4) is 0 Å². The lowest BCUT2D eigenvalue weighted by Gasteiger charge is -2.21. The van der Waals surface area contributed by atoms with Gasteiger partial charge in [-0.15, -0.1) is 0 Å². The monoisotopic (exact) mass is 339 g/mol. The van der Waals surface area contributed by atoms with Gasteiger partial charge >= 0.3 is 0 Å². The Bertz CT molecular complexity index is 523. The first kappa shape index (κ1) is 14.0. The lowest BCUT2D eigenvalue weighted by molar-refractivity contribution is -0.385. The molecule has 20 heavy (non-hydrogen) atoms. The smallest absolute Gasteiger partial charge is 0.270 e. The summed E-state index contributed by atoms with van der Waals surface area (Å²) in [5, 5.41) is 14.5. The minimum absolute atomic E-state index is 0.144. The zero-order chi connectivity index (χ0) is 14.1. The van der Waals surface area contributed by atoms with Gasteiger partial charge in [-0.25, -0.2) is 0 Å². The summed E-state index contributed by atoms with van der Waals surface area (Å²) in [5.41, 5.74) is 1.10. The van der Waals surface area contributed by atoms with E-state index in [1.807, 2.05) is 6.07 Å². The van der Waals surface area contributed by atoms with Crippen molar-refractivity contribution in [3.05, 3.63) is 38.3 Å². The standard InChI is InChI=1S/C14H18BrN3O2/c15-11-6-10(7-12(8-11)18(19)20)9-16-13-3-5-17-4-1-2-14(13)17/h6-8,13-14,16H,1-5,9H2. The van der Waals surface area contributed by atoms with Gasteiger partial charge in [0, 0.05) is 41.8 Å². The van der Waals surface area contributed by atoms with Crippen LogP contribution in [0.2, 0.25) is 0 Å². The number of hydrogen-bond donors (Lipinski definition) is 1. The summed E-state index contributed by atoms with van der Waals surface area (Å²) < 4.78 is 0.761. The molecule has 2 heterocycles. The molecule has 108 valence electrons. The summed E-state index contributed by atoms with van der Waals surface area (Å²) in [6.45, 7) is 3.10. The number of nitrogens with one attached hydrogen (secondary N) is 1. The van der Waals surface area contributed by atoms with Crippen LogP contribution in [0.25, 0.3) is 0 Å². The second-order valence-electron chi connectivity index (χ2n) is 5.60. The van der Waals surface area contributed by atoms with Gasteiger partial charge in [-0.2, -0.15) is 0 Å². The summed E-state index contributed by atoms with van der Waals surface area (Å²) in [4.78, 5) is 13.1. The Morgan fingerprint density at radius 2 is 2.20 bits per heavy atom. The summed E-state index contributed by atoms with van der Waals surface area (Å²) >= 11 is 3.34. The van der Waals surface area contributed by atoms with E-state index < -0.39 is 0 Å². The van der Waals surface area contributed by atoms with Crippen LogP contribution in [0, 0.1) is 10.1 Å². The minimum atomic E-state index is -0.345. The van der Waals surface area contributed by atoms with Crippen LogP contribution in [0.1, 0.15) is 24.8 Å². The number of rotatable bonds is 4. The van der Waals surface area contributed by atoms with Crippen molar-refractivity contribution in [3.63, 3.8) is 0 Å². The first-order valence-electron chi connectivity index (χ1n) is 7.05. The quantitative estimate of drug-likeness (QED) is 0.676. The SMILES string of the molecule is O=[N+]([O-])c1cc(Br)cc(CNC2CCN3CCCC23)c1. The molecule has 5 nitrogen and oxygen atoms in total. The molecule has 0 aliphatic carbocycles. The average Bonchev–Trinajstić information content (AvgIpc) is 2.98. The first-order chi connectivity index (χ1) is 9.63. The molecular weight excluding hydrogens is 322 g/mol. The Morgan fingerprint density at radius 3 is 3.00 bits per heavy atom. The van der Waals surface area contributed by atoms with E-state index >= 15 is 0 Å². The van der Waals surface area contributed by atoms with Gasteiger partial charge in [-0.05, 0) is 37.4 Å². The van der Waals surface area contributed by atoms with Crippen LogP contribution in [0.4, 0.5) is 5.69 Å². The number of hydrogen-bond acceptors (Lipinski definition) is 4. The topological polar surface area (TPSA) is 58.4 Å². The van der Waals surface area contributed by atoms with Crippen LogP contribution in [-0.4, -0.2) is 35.0 Å². The largest absolute Gasteiger partial charge is 0.308 e. The molecule has 0 amide bonds. The van der Waals surface area contributed by atoms with Crippen molar-refractivity contribution in [1.29, 1.82) is 0 Å². The van der Waals surface area contributed by atoms with Crippen LogP contribution in [-0.2, 0) is 6.54 Å². The van der Waals surface area contributed by atoms with E-state index in [1.165, 1.54) is 38.4 Å². The zero-order valence-corrected chi connectivity index (χ0v) is 12.8. The third-order valence-electron chi connectivity index (χ3n) is 4.33. The van der Waals surface area contributed by atoms with Gasteiger partial charge in [0.15, 0.2) is 0 Å². The number of fused-ring (bicyclic) bond motifs is 1. The summed E-state index contributed by atoms with van der Waals surface area (Å²) in [7, 11) is 0. The Balaban J connectivity index is 1.65. The average molecular weight is 340 g/mol. The van der Waals surface area contributed by atoms with Crippen molar-refractivity contribution >= 4 is 21.6 Å². The molecule has 0 bridgehead atoms. The summed E-state index contributed by atoms with van der Waals surface area (Å²) in [6, 6.07) is 6.32. The van der Waals surface area contributed by atoms with Crippen molar-refractivity contribution in [1.82, 2.24) is 10.2 Å². The highest BCUT2D eigenvalue weighted by molar-refractivity contribution is 9.10. The number of nitro benzene ring substituents is 1. The van der Waals surface area contributed by atoms with Crippen molar-refractivity contribution < 1.29 is 4.92 Å². The van der Waals surface area contributed by atoms with Gasteiger partial charge in [0.2, 0.25) is 0 Å². The van der Waals surface area contributed by atoms with E-state index in [2.05, 4.69) is 26.1 Å². The van der Waals surface area contributed by atoms with Gasteiger partial charge in [0.05, 0.1) is 4.92 Å². The molecule has 0 spiro atoms. The van der Waals surface area contributed by atoms with E-state index in [-0.39, 0.29) is 10.6 Å². The molecule has 2 saturated heterocycles. The highest BCUT2D eigenvalue weighted by Gasteiger charge is 2.36. The molecule has 6 heteroatoms. The molecule has 0 saturated carbocycles. The van der Waals surface area contributed by atoms with E-state index in [4.69, 9.17) is 0 Å². The van der Waals surface area contributed by atoms with Gasteiger partial charge in [-0.1, -0.05) is 15.9 Å². The van der Waals surface area contributed by atoms with E-state index in [0.717, 1.165) is 10.0 Å². The Hall–Kier alpha value is -0.980. The third-order valence-corrected chi connectivity index (χ3v) is 4.79. The van der Waals surface area contributed by atoms with Crippen LogP contribution in [0.15, 0.2) is 22.7 Å². The molecule has 1 aromatic carbocycles. The molecule has 2 fully saturated rings. The van der Waals surface area contributed by atoms with Crippen molar-refractivity contribution in [3.8, 4) is 0 Å². The van der Waals surface area contributed by atoms with E-state index in [1.54, 1.807) is 6.07 Å². The predicted molar refractivity (Wildman–Crippen MR) is 80.6 cm³/mol. The molecule has 0 aromatic heterocycles. The van der Waals surface area contributed by atoms with Crippen molar-refractivity contribution in [2.75, 3.05) is 13.1 Å². The number of nitrogens with zero attached hydrogens (tertiary/aromatic N) is 2. The zero-order valence-electron chi connectivity index (χ0n) is 11.2. The highest BCUT2D eigenvalue weighted by atomic mass is 79.9. The van der Waals surface area contributed by atoms with E-state index in [0.29, 0.717) is 18.6 Å². The number of halogens is 1. The lowest BCUT2D eigenvalue weighted by atomic mass is 10.1. The fourth-order valence-electron chi connectivity index (χ4n) is 3.41. The molecule has 0 radical (unpaired) electrons. The Labute approximate surface area is 126 Å². The van der Waals surface area contributed by atoms with Gasteiger partial charge in [0.25, 0.3) is 5.69 Å². The molecular formula is C14H18BrN3O2. The first-order valence-corrected chi connectivity index (χ1v) is 7.84. The summed E-state index contributed by atoms with van der Waals surface area (Å²) in [6.07, 6.45) is 3.75. The Kier molecular flexibility index (Phi) is 4.05. The normalized spacial score (nSPS) is 25.9. The maximum atomic E-state index is 10.9. The molecule has 2 aliphatic rings. The molecule has 1 aromatic rings. The minimum Gasteiger partial charge on any atom is -0.308 e. The van der Waals surface area contributed by atoms with Gasteiger partial charge in [0.1, 0.15) is 0 Å². The molecule has 2 unspecified atom stereocenters. The second kappa shape index (κ2) is 5.79. The van der Waals surface area contributed by atoms with Gasteiger partial charge < -0.3 is 5.32 Å². The molecule has 2 aliphatic heterocycles. The van der Waals surface area contributed by atoms with E-state index in [9.17, 15) is 10.1 Å². The van der Waals surface area contributed by atoms with Crippen LogP contribution < -0.4 is 5.32 Å². The van der Waals surface area contributed by atoms with Crippen molar-refractivity contribution in [2.45, 2.75) is 37.9 Å². The fourth-order valence-corrected chi connectivity index (χ4v) is 3.94. The van der Waals surface area contributed by atoms with Crippen molar-refractivity contribution in [2.24, 2.45) is 0 Å². The maximum Gasteiger partial charge on any atom is 0.270 e. The van der Waals surface area contributed by atoms with Crippen LogP contribution >= 0.6 is 15.9 Å². The second-order valence-corrected chi connectivity index (χ2v) is 6.51. The summed E-state index contributed by atoms with van der Waals surface area (Å²) in [5.74, 6) is 0. The third kappa shape index (κ3) is 2.87. The molecule has 3 rings (SSSR count). The molecule has 1 N–H and O–H groups in total. The fraction of sp³-hybridized carbons (Fsp3) is 0.571. The van der Waals surface area contributed by atoms with Gasteiger partial charge in [-0.3, -0.25) is 15.0 Å². The lowest BCUT2D eigenvalue weighted by Crippen LogP contribution is -2.38. The number of non-ortho nitro benzene ring substituents is 1. The predicted octanol–water partition coefficient (Wildman–Crippen LogP) is 2.68. The number of benzene rings is 1.